The molecule has 1 aromatic heterocycles. The molecule has 0 radical (unpaired) electrons. The maximum absolute atomic E-state index is 12.0. The number of hydrogen-bond donors (Lipinski definition) is 2. The molecule has 0 aliphatic rings. The number of carbonyl (C=O) groups excluding carboxylic acids is 1. The van der Waals surface area contributed by atoms with Gasteiger partial charge in [-0.1, -0.05) is 22.0 Å². The Labute approximate surface area is 131 Å². The Balaban J connectivity index is 2.32. The van der Waals surface area contributed by atoms with Gasteiger partial charge in [-0.25, -0.2) is 9.78 Å². The third kappa shape index (κ3) is 3.43. The summed E-state index contributed by atoms with van der Waals surface area (Å²) in [5.74, 6) is -1.60. The van der Waals surface area contributed by atoms with Gasteiger partial charge in [-0.3, -0.25) is 4.79 Å². The third-order valence-electron chi connectivity index (χ3n) is 2.41. The van der Waals surface area contributed by atoms with Gasteiger partial charge in [-0.2, -0.15) is 0 Å². The van der Waals surface area contributed by atoms with E-state index in [1.54, 1.807) is 24.3 Å². The Morgan fingerprint density at radius 3 is 2.55 bits per heavy atom. The zero-order chi connectivity index (χ0) is 14.7. The lowest BCUT2D eigenvalue weighted by atomic mass is 10.1. The molecule has 0 saturated carbocycles. The van der Waals surface area contributed by atoms with E-state index in [4.69, 9.17) is 5.11 Å². The molecule has 2 rings (SSSR count). The van der Waals surface area contributed by atoms with Crippen LogP contribution in [0.15, 0.2) is 45.5 Å². The van der Waals surface area contributed by atoms with Gasteiger partial charge in [0, 0.05) is 4.47 Å². The van der Waals surface area contributed by atoms with Crippen LogP contribution >= 0.6 is 31.9 Å². The predicted molar refractivity (Wildman–Crippen MR) is 81.0 cm³/mol. The van der Waals surface area contributed by atoms with Crippen molar-refractivity contribution < 1.29 is 14.7 Å². The van der Waals surface area contributed by atoms with Gasteiger partial charge < -0.3 is 10.4 Å². The predicted octanol–water partition coefficient (Wildman–Crippen LogP) is 3.56. The molecular formula is C13H8Br2N2O3. The van der Waals surface area contributed by atoms with Crippen LogP contribution in [-0.2, 0) is 0 Å². The first-order chi connectivity index (χ1) is 9.47. The summed E-state index contributed by atoms with van der Waals surface area (Å²) in [5, 5.41) is 11.6. The van der Waals surface area contributed by atoms with Crippen molar-refractivity contribution in [3.05, 3.63) is 56.7 Å². The quantitative estimate of drug-likeness (QED) is 0.773. The maximum atomic E-state index is 12.0. The summed E-state index contributed by atoms with van der Waals surface area (Å²) in [5.41, 5.74) is 0.408. The minimum Gasteiger partial charge on any atom is -0.478 e. The Bertz CT molecular complexity index is 689. The van der Waals surface area contributed by atoms with Crippen LogP contribution in [0.5, 0.6) is 0 Å². The first kappa shape index (κ1) is 14.7. The summed E-state index contributed by atoms with van der Waals surface area (Å²) >= 11 is 6.41. The van der Waals surface area contributed by atoms with Crippen molar-refractivity contribution in [3.8, 4) is 0 Å². The molecule has 0 fully saturated rings. The zero-order valence-corrected chi connectivity index (χ0v) is 13.1. The summed E-state index contributed by atoms with van der Waals surface area (Å²) in [6.45, 7) is 0. The van der Waals surface area contributed by atoms with Crippen LogP contribution in [0.3, 0.4) is 0 Å². The van der Waals surface area contributed by atoms with E-state index >= 15 is 0 Å². The number of anilines is 1. The normalized spacial score (nSPS) is 10.1. The van der Waals surface area contributed by atoms with Crippen molar-refractivity contribution in [1.29, 1.82) is 0 Å². The van der Waals surface area contributed by atoms with Crippen LogP contribution in [0, 0.1) is 0 Å². The lowest BCUT2D eigenvalue weighted by Crippen LogP contribution is -2.16. The maximum Gasteiger partial charge on any atom is 0.337 e. The summed E-state index contributed by atoms with van der Waals surface area (Å²) < 4.78 is 1.19. The number of aromatic nitrogens is 1. The molecule has 0 atom stereocenters. The van der Waals surface area contributed by atoms with Gasteiger partial charge in [0.1, 0.15) is 10.3 Å². The van der Waals surface area contributed by atoms with Gasteiger partial charge in [0.15, 0.2) is 0 Å². The smallest absolute Gasteiger partial charge is 0.337 e. The van der Waals surface area contributed by atoms with E-state index in [1.165, 1.54) is 12.1 Å². The van der Waals surface area contributed by atoms with Crippen molar-refractivity contribution in [2.45, 2.75) is 0 Å². The number of halogens is 2. The molecule has 0 unspecified atom stereocenters. The van der Waals surface area contributed by atoms with Crippen LogP contribution in [0.2, 0.25) is 0 Å². The number of benzene rings is 1. The molecule has 5 nitrogen and oxygen atoms in total. The highest BCUT2D eigenvalue weighted by atomic mass is 79.9. The van der Waals surface area contributed by atoms with E-state index in [2.05, 4.69) is 42.2 Å². The van der Waals surface area contributed by atoms with Gasteiger partial charge in [-0.05, 0) is 46.3 Å². The molecule has 0 bridgehead atoms. The molecule has 7 heteroatoms. The first-order valence-electron chi connectivity index (χ1n) is 5.44. The van der Waals surface area contributed by atoms with Crippen molar-refractivity contribution >= 4 is 49.4 Å². The van der Waals surface area contributed by atoms with E-state index in [9.17, 15) is 9.59 Å². The Morgan fingerprint density at radius 1 is 1.15 bits per heavy atom. The average molecular weight is 400 g/mol. The van der Waals surface area contributed by atoms with Crippen molar-refractivity contribution in [1.82, 2.24) is 4.98 Å². The number of carbonyl (C=O) groups is 2. The zero-order valence-electron chi connectivity index (χ0n) is 9.93. The second-order valence-corrected chi connectivity index (χ2v) is 5.52. The topological polar surface area (TPSA) is 79.3 Å². The van der Waals surface area contributed by atoms with Crippen LogP contribution in [-0.4, -0.2) is 22.0 Å². The Kier molecular flexibility index (Phi) is 4.51. The highest BCUT2D eigenvalue weighted by molar-refractivity contribution is 9.10. The molecule has 0 spiro atoms. The summed E-state index contributed by atoms with van der Waals surface area (Å²) in [4.78, 5) is 27.2. The number of aromatic carboxylic acids is 1. The largest absolute Gasteiger partial charge is 0.478 e. The van der Waals surface area contributed by atoms with Crippen molar-refractivity contribution in [2.75, 3.05) is 5.32 Å². The molecule has 1 amide bonds. The highest BCUT2D eigenvalue weighted by Crippen LogP contribution is 2.22. The second-order valence-electron chi connectivity index (χ2n) is 3.79. The van der Waals surface area contributed by atoms with Crippen LogP contribution in [0.4, 0.5) is 5.69 Å². The fraction of sp³-hybridized carbons (Fsp3) is 0. The van der Waals surface area contributed by atoms with E-state index in [0.717, 1.165) is 0 Å². The Hall–Kier alpha value is -1.73. The Morgan fingerprint density at radius 2 is 1.90 bits per heavy atom. The first-order valence-corrected chi connectivity index (χ1v) is 7.03. The highest BCUT2D eigenvalue weighted by Gasteiger charge is 2.14. The van der Waals surface area contributed by atoms with Gasteiger partial charge in [0.2, 0.25) is 0 Å². The van der Waals surface area contributed by atoms with Gasteiger partial charge in [0.05, 0.1) is 11.3 Å². The standard InChI is InChI=1S/C13H8Br2N2O3/c14-7-4-5-8(13(19)20)10(6-7)17-12(18)9-2-1-3-11(15)16-9/h1-6H,(H,17,18)(H,19,20). The second kappa shape index (κ2) is 6.15. The van der Waals surface area contributed by atoms with E-state index < -0.39 is 11.9 Å². The molecule has 0 saturated heterocycles. The fourth-order valence-corrected chi connectivity index (χ4v) is 2.23. The summed E-state index contributed by atoms with van der Waals surface area (Å²) in [6, 6.07) is 9.44. The molecule has 2 N–H and O–H groups in total. The van der Waals surface area contributed by atoms with Crippen molar-refractivity contribution in [3.63, 3.8) is 0 Å². The van der Waals surface area contributed by atoms with Gasteiger partial charge in [0.25, 0.3) is 5.91 Å². The van der Waals surface area contributed by atoms with Crippen LogP contribution < -0.4 is 5.32 Å². The molecule has 2 aromatic rings. The SMILES string of the molecule is O=C(Nc1cc(Br)ccc1C(=O)O)c1cccc(Br)n1. The molecule has 1 heterocycles. The van der Waals surface area contributed by atoms with Gasteiger partial charge >= 0.3 is 5.97 Å². The summed E-state index contributed by atoms with van der Waals surface area (Å²) in [6.07, 6.45) is 0. The lowest BCUT2D eigenvalue weighted by Gasteiger charge is -2.08. The number of carboxylic acid groups (broad SMARTS) is 1. The molecule has 1 aromatic carbocycles. The number of pyridine rings is 1. The number of rotatable bonds is 3. The molecule has 20 heavy (non-hydrogen) atoms. The fourth-order valence-electron chi connectivity index (χ4n) is 1.53. The minimum absolute atomic E-state index is 0.0107. The van der Waals surface area contributed by atoms with E-state index in [1.807, 2.05) is 0 Å². The van der Waals surface area contributed by atoms with Crippen molar-refractivity contribution in [2.24, 2.45) is 0 Å². The average Bonchev–Trinajstić information content (AvgIpc) is 2.38. The summed E-state index contributed by atoms with van der Waals surface area (Å²) in [7, 11) is 0. The number of amides is 1. The number of carboxylic acids is 1. The third-order valence-corrected chi connectivity index (χ3v) is 3.34. The van der Waals surface area contributed by atoms with Crippen LogP contribution in [0.25, 0.3) is 0 Å². The molecular weight excluding hydrogens is 392 g/mol. The number of hydrogen-bond acceptors (Lipinski definition) is 3. The van der Waals surface area contributed by atoms with E-state index in [-0.39, 0.29) is 16.9 Å². The molecule has 102 valence electrons. The number of nitrogens with one attached hydrogen (secondary N) is 1. The van der Waals surface area contributed by atoms with E-state index in [0.29, 0.717) is 9.08 Å². The number of nitrogens with zero attached hydrogens (tertiary/aromatic N) is 1. The van der Waals surface area contributed by atoms with Crippen LogP contribution in [0.1, 0.15) is 20.8 Å². The lowest BCUT2D eigenvalue weighted by molar-refractivity contribution is 0.0698. The minimum atomic E-state index is -1.12. The molecule has 0 aliphatic heterocycles. The van der Waals surface area contributed by atoms with Gasteiger partial charge in [-0.15, -0.1) is 0 Å². The molecule has 0 aliphatic carbocycles. The monoisotopic (exact) mass is 398 g/mol.